The molecule has 1 unspecified atom stereocenters. The Bertz CT molecular complexity index is 538. The van der Waals surface area contributed by atoms with Gasteiger partial charge in [-0.25, -0.2) is 4.99 Å². The number of aliphatic imine (C=N–C) groups is 1. The van der Waals surface area contributed by atoms with E-state index in [2.05, 4.69) is 4.99 Å². The molecule has 0 saturated carbocycles. The van der Waals surface area contributed by atoms with Crippen LogP contribution in [0.5, 0.6) is 5.75 Å². The average Bonchev–Trinajstić information content (AvgIpc) is 2.29. The molecule has 1 aliphatic rings. The maximum Gasteiger partial charge on any atom is 0.267 e. The predicted octanol–water partition coefficient (Wildman–Crippen LogP) is 1.42. The Morgan fingerprint density at radius 1 is 1.38 bits per heavy atom. The van der Waals surface area contributed by atoms with E-state index in [0.717, 1.165) is 0 Å². The van der Waals surface area contributed by atoms with Crippen molar-refractivity contribution >= 4 is 11.6 Å². The van der Waals surface area contributed by atoms with Crippen LogP contribution in [0, 0.1) is 17.2 Å². The number of carbonyl (C=O) groups is 1. The lowest BCUT2D eigenvalue weighted by Crippen LogP contribution is -2.15. The largest absolute Gasteiger partial charge is 0.507 e. The third-order valence-electron chi connectivity index (χ3n) is 2.26. The molecule has 4 heteroatoms. The van der Waals surface area contributed by atoms with Crippen molar-refractivity contribution in [2.45, 2.75) is 0 Å². The van der Waals surface area contributed by atoms with Gasteiger partial charge < -0.3 is 5.11 Å². The number of allylic oxidation sites excluding steroid dienone is 1. The van der Waals surface area contributed by atoms with Gasteiger partial charge in [-0.1, -0.05) is 18.2 Å². The van der Waals surface area contributed by atoms with Crippen LogP contribution in [0.4, 0.5) is 0 Å². The standard InChI is InChI=1S/C12H8N2O2/c13-7-8-5-6-10(14-12(8)16)9-3-1-2-4-11(9)15/h1-6,8,15H. The first-order chi connectivity index (χ1) is 7.72. The Morgan fingerprint density at radius 2 is 2.12 bits per heavy atom. The van der Waals surface area contributed by atoms with E-state index < -0.39 is 11.8 Å². The van der Waals surface area contributed by atoms with Gasteiger partial charge in [-0.15, -0.1) is 0 Å². The minimum absolute atomic E-state index is 0.0640. The summed E-state index contributed by atoms with van der Waals surface area (Å²) in [6.45, 7) is 0. The Morgan fingerprint density at radius 3 is 2.75 bits per heavy atom. The lowest BCUT2D eigenvalue weighted by molar-refractivity contribution is -0.118. The number of para-hydroxylation sites is 1. The second-order valence-electron chi connectivity index (χ2n) is 3.32. The Hall–Kier alpha value is -2.41. The second kappa shape index (κ2) is 3.99. The minimum Gasteiger partial charge on any atom is -0.507 e. The van der Waals surface area contributed by atoms with E-state index in [4.69, 9.17) is 5.26 Å². The van der Waals surface area contributed by atoms with E-state index in [1.807, 2.05) is 6.07 Å². The van der Waals surface area contributed by atoms with Crippen LogP contribution in [0.1, 0.15) is 5.56 Å². The molecule has 0 saturated heterocycles. The molecule has 0 aromatic heterocycles. The summed E-state index contributed by atoms with van der Waals surface area (Å²) in [5.74, 6) is -1.24. The van der Waals surface area contributed by atoms with E-state index in [9.17, 15) is 9.90 Å². The van der Waals surface area contributed by atoms with E-state index in [0.29, 0.717) is 11.3 Å². The number of hydrogen-bond donors (Lipinski definition) is 1. The number of phenolic OH excluding ortho intramolecular Hbond substituents is 1. The van der Waals surface area contributed by atoms with Gasteiger partial charge in [0.25, 0.3) is 5.91 Å². The van der Waals surface area contributed by atoms with Crippen LogP contribution in [-0.2, 0) is 4.79 Å². The van der Waals surface area contributed by atoms with Crippen LogP contribution in [0.2, 0.25) is 0 Å². The molecule has 1 atom stereocenters. The fraction of sp³-hybridized carbons (Fsp3) is 0.0833. The molecule has 2 rings (SSSR count). The maximum atomic E-state index is 11.4. The van der Waals surface area contributed by atoms with E-state index in [1.165, 1.54) is 12.1 Å². The van der Waals surface area contributed by atoms with Crippen LogP contribution in [0.25, 0.3) is 0 Å². The van der Waals surface area contributed by atoms with Crippen molar-refractivity contribution < 1.29 is 9.90 Å². The quantitative estimate of drug-likeness (QED) is 0.764. The smallest absolute Gasteiger partial charge is 0.267 e. The van der Waals surface area contributed by atoms with Crippen molar-refractivity contribution in [3.05, 3.63) is 42.0 Å². The zero-order valence-corrected chi connectivity index (χ0v) is 8.29. The number of phenols is 1. The number of benzene rings is 1. The highest BCUT2D eigenvalue weighted by atomic mass is 16.3. The number of aromatic hydroxyl groups is 1. The monoisotopic (exact) mass is 212 g/mol. The van der Waals surface area contributed by atoms with Gasteiger partial charge in [0.15, 0.2) is 0 Å². The van der Waals surface area contributed by atoms with E-state index >= 15 is 0 Å². The van der Waals surface area contributed by atoms with E-state index in [1.54, 1.807) is 24.3 Å². The zero-order chi connectivity index (χ0) is 11.5. The van der Waals surface area contributed by atoms with Gasteiger partial charge in [0.05, 0.1) is 11.8 Å². The third-order valence-corrected chi connectivity index (χ3v) is 2.26. The summed E-state index contributed by atoms with van der Waals surface area (Å²) in [6.07, 6.45) is 3.06. The fourth-order valence-corrected chi connectivity index (χ4v) is 1.43. The van der Waals surface area contributed by atoms with Crippen molar-refractivity contribution in [1.29, 1.82) is 5.26 Å². The first-order valence-corrected chi connectivity index (χ1v) is 4.71. The molecule has 0 bridgehead atoms. The van der Waals surface area contributed by atoms with Crippen LogP contribution in [-0.4, -0.2) is 16.7 Å². The van der Waals surface area contributed by atoms with Gasteiger partial charge in [-0.05, 0) is 18.2 Å². The van der Waals surface area contributed by atoms with Crippen LogP contribution >= 0.6 is 0 Å². The molecule has 0 radical (unpaired) electrons. The Kier molecular flexibility index (Phi) is 2.52. The molecular formula is C12H8N2O2. The summed E-state index contributed by atoms with van der Waals surface area (Å²) in [5.41, 5.74) is 0.873. The Balaban J connectivity index is 2.40. The number of hydrogen-bond acceptors (Lipinski definition) is 3. The molecule has 1 aromatic rings. The number of rotatable bonds is 1. The van der Waals surface area contributed by atoms with Crippen molar-refractivity contribution in [1.82, 2.24) is 0 Å². The molecule has 1 amide bonds. The van der Waals surface area contributed by atoms with E-state index in [-0.39, 0.29) is 5.75 Å². The average molecular weight is 212 g/mol. The summed E-state index contributed by atoms with van der Waals surface area (Å²) < 4.78 is 0. The first kappa shape index (κ1) is 10.1. The van der Waals surface area contributed by atoms with Crippen molar-refractivity contribution in [3.8, 4) is 11.8 Å². The highest BCUT2D eigenvalue weighted by molar-refractivity contribution is 6.16. The number of dihydropyridines is 1. The maximum absolute atomic E-state index is 11.4. The number of carbonyl (C=O) groups excluding carboxylic acids is 1. The zero-order valence-electron chi connectivity index (χ0n) is 8.29. The third kappa shape index (κ3) is 1.71. The van der Waals surface area contributed by atoms with Gasteiger partial charge in [-0.2, -0.15) is 5.26 Å². The molecule has 1 aromatic carbocycles. The van der Waals surface area contributed by atoms with Gasteiger partial charge >= 0.3 is 0 Å². The molecule has 16 heavy (non-hydrogen) atoms. The normalized spacial score (nSPS) is 19.1. The summed E-state index contributed by atoms with van der Waals surface area (Å²) in [4.78, 5) is 15.2. The van der Waals surface area contributed by atoms with Crippen molar-refractivity contribution in [2.24, 2.45) is 10.9 Å². The highest BCUT2D eigenvalue weighted by Crippen LogP contribution is 2.20. The number of nitriles is 1. The van der Waals surface area contributed by atoms with Crippen molar-refractivity contribution in [3.63, 3.8) is 0 Å². The van der Waals surface area contributed by atoms with Gasteiger partial charge in [0, 0.05) is 5.56 Å². The fourth-order valence-electron chi connectivity index (χ4n) is 1.43. The topological polar surface area (TPSA) is 73.4 Å². The van der Waals surface area contributed by atoms with Gasteiger partial charge in [0.1, 0.15) is 11.7 Å². The molecule has 0 fully saturated rings. The van der Waals surface area contributed by atoms with Crippen LogP contribution in [0.15, 0.2) is 41.4 Å². The summed E-state index contributed by atoms with van der Waals surface area (Å²) in [5, 5.41) is 18.2. The molecule has 1 heterocycles. The summed E-state index contributed by atoms with van der Waals surface area (Å²) in [6, 6.07) is 8.45. The molecule has 0 spiro atoms. The summed E-state index contributed by atoms with van der Waals surface area (Å²) in [7, 11) is 0. The van der Waals surface area contributed by atoms with Crippen LogP contribution in [0.3, 0.4) is 0 Å². The molecule has 1 N–H and O–H groups in total. The van der Waals surface area contributed by atoms with Gasteiger partial charge in [-0.3, -0.25) is 4.79 Å². The molecule has 4 nitrogen and oxygen atoms in total. The Labute approximate surface area is 92.2 Å². The molecular weight excluding hydrogens is 204 g/mol. The van der Waals surface area contributed by atoms with Crippen molar-refractivity contribution in [2.75, 3.05) is 0 Å². The first-order valence-electron chi connectivity index (χ1n) is 4.71. The minimum atomic E-state index is -0.811. The predicted molar refractivity (Wildman–Crippen MR) is 57.9 cm³/mol. The lowest BCUT2D eigenvalue weighted by atomic mass is 10.0. The molecule has 78 valence electrons. The second-order valence-corrected chi connectivity index (χ2v) is 3.32. The lowest BCUT2D eigenvalue weighted by Gasteiger charge is -2.09. The number of nitrogens with zero attached hydrogens (tertiary/aromatic N) is 2. The molecule has 1 aliphatic heterocycles. The SMILES string of the molecule is N#CC1C=CC(c2ccccc2O)=NC1=O. The van der Waals surface area contributed by atoms with Gasteiger partial charge in [0.2, 0.25) is 0 Å². The summed E-state index contributed by atoms with van der Waals surface area (Å²) >= 11 is 0. The van der Waals surface area contributed by atoms with Crippen LogP contribution < -0.4 is 0 Å². The molecule has 0 aliphatic carbocycles. The highest BCUT2D eigenvalue weighted by Gasteiger charge is 2.20. The number of amides is 1.